The number of amides is 1. The zero-order valence-corrected chi connectivity index (χ0v) is 17.7. The van der Waals surface area contributed by atoms with E-state index in [0.29, 0.717) is 13.1 Å². The van der Waals surface area contributed by atoms with Crippen molar-refractivity contribution < 1.29 is 4.79 Å². The van der Waals surface area contributed by atoms with Gasteiger partial charge >= 0.3 is 0 Å². The summed E-state index contributed by atoms with van der Waals surface area (Å²) in [7, 11) is 0. The van der Waals surface area contributed by atoms with E-state index in [9.17, 15) is 4.79 Å². The molecule has 0 unspecified atom stereocenters. The van der Waals surface area contributed by atoms with E-state index in [2.05, 4.69) is 34.6 Å². The molecular formula is C19H32N6OS. The van der Waals surface area contributed by atoms with Gasteiger partial charge in [-0.1, -0.05) is 39.5 Å². The van der Waals surface area contributed by atoms with Crippen LogP contribution in [0.3, 0.4) is 0 Å². The highest BCUT2D eigenvalue weighted by Crippen LogP contribution is 2.24. The minimum atomic E-state index is 0.0867. The molecule has 2 aromatic heterocycles. The topological polar surface area (TPSA) is 84.7 Å². The smallest absolute Gasteiger partial charge is 0.223 e. The van der Waals surface area contributed by atoms with Gasteiger partial charge in [-0.3, -0.25) is 4.79 Å². The fourth-order valence-corrected chi connectivity index (χ4v) is 3.52. The molecule has 0 atom stereocenters. The molecule has 2 rings (SSSR count). The maximum atomic E-state index is 12.2. The van der Waals surface area contributed by atoms with E-state index >= 15 is 0 Å². The van der Waals surface area contributed by atoms with Gasteiger partial charge in [-0.2, -0.15) is 5.10 Å². The molecule has 0 fully saturated rings. The fraction of sp³-hybridized carbons (Fsp3) is 0.684. The second-order valence-corrected chi connectivity index (χ2v) is 7.60. The molecule has 0 radical (unpaired) electrons. The van der Waals surface area contributed by atoms with E-state index in [4.69, 9.17) is 4.98 Å². The third kappa shape index (κ3) is 5.82. The summed E-state index contributed by atoms with van der Waals surface area (Å²) in [6, 6.07) is 0. The lowest BCUT2D eigenvalue weighted by molar-refractivity contribution is -0.125. The summed E-state index contributed by atoms with van der Waals surface area (Å²) in [4.78, 5) is 21.5. The van der Waals surface area contributed by atoms with E-state index in [0.717, 1.165) is 60.0 Å². The molecular weight excluding hydrogens is 360 g/mol. The molecule has 0 aliphatic carbocycles. The Kier molecular flexibility index (Phi) is 8.84. The first-order chi connectivity index (χ1) is 13.1. The highest BCUT2D eigenvalue weighted by Gasteiger charge is 2.15. The number of nitrogens with zero attached hydrogens (tertiary/aromatic N) is 4. The van der Waals surface area contributed by atoms with Gasteiger partial charge < -0.3 is 10.6 Å². The van der Waals surface area contributed by atoms with Crippen molar-refractivity contribution in [2.24, 2.45) is 5.92 Å². The summed E-state index contributed by atoms with van der Waals surface area (Å²) in [5, 5.41) is 12.6. The Morgan fingerprint density at radius 3 is 2.59 bits per heavy atom. The minimum Gasteiger partial charge on any atom is -0.369 e. The SMILES string of the molecule is CCCNc1nc(SCCC)nc2c1cnn2CCNC(=O)C(CC)CC. The van der Waals surface area contributed by atoms with Crippen LogP contribution in [-0.4, -0.2) is 44.5 Å². The van der Waals surface area contributed by atoms with Gasteiger partial charge in [0.25, 0.3) is 0 Å². The van der Waals surface area contributed by atoms with Crippen LogP contribution in [0.4, 0.5) is 5.82 Å². The molecule has 2 heterocycles. The number of thioether (sulfide) groups is 1. The predicted molar refractivity (Wildman–Crippen MR) is 112 cm³/mol. The Bertz CT molecular complexity index is 728. The maximum absolute atomic E-state index is 12.2. The molecule has 8 heteroatoms. The Hall–Kier alpha value is -1.83. The summed E-state index contributed by atoms with van der Waals surface area (Å²) < 4.78 is 1.86. The monoisotopic (exact) mass is 392 g/mol. The maximum Gasteiger partial charge on any atom is 0.223 e. The van der Waals surface area contributed by atoms with Crippen LogP contribution in [0.15, 0.2) is 11.4 Å². The van der Waals surface area contributed by atoms with Crippen molar-refractivity contribution in [3.63, 3.8) is 0 Å². The van der Waals surface area contributed by atoms with Gasteiger partial charge in [-0.05, 0) is 25.7 Å². The van der Waals surface area contributed by atoms with E-state index in [1.807, 2.05) is 24.7 Å². The van der Waals surface area contributed by atoms with Crippen molar-refractivity contribution in [1.82, 2.24) is 25.1 Å². The normalized spacial score (nSPS) is 11.3. The van der Waals surface area contributed by atoms with Crippen LogP contribution in [0, 0.1) is 5.92 Å². The van der Waals surface area contributed by atoms with Crippen molar-refractivity contribution in [3.05, 3.63) is 6.20 Å². The third-order valence-electron chi connectivity index (χ3n) is 4.43. The Morgan fingerprint density at radius 1 is 1.15 bits per heavy atom. The lowest BCUT2D eigenvalue weighted by atomic mass is 10.0. The highest BCUT2D eigenvalue weighted by atomic mass is 32.2. The van der Waals surface area contributed by atoms with E-state index in [1.54, 1.807) is 11.8 Å². The third-order valence-corrected chi connectivity index (χ3v) is 5.49. The van der Waals surface area contributed by atoms with Crippen LogP contribution in [0.5, 0.6) is 0 Å². The van der Waals surface area contributed by atoms with Crippen molar-refractivity contribution in [2.45, 2.75) is 65.1 Å². The summed E-state index contributed by atoms with van der Waals surface area (Å²) in [6.07, 6.45) is 5.64. The number of hydrogen-bond acceptors (Lipinski definition) is 6. The van der Waals surface area contributed by atoms with Crippen LogP contribution < -0.4 is 10.6 Å². The van der Waals surface area contributed by atoms with Crippen molar-refractivity contribution in [2.75, 3.05) is 24.2 Å². The van der Waals surface area contributed by atoms with Gasteiger partial charge in [-0.15, -0.1) is 0 Å². The van der Waals surface area contributed by atoms with E-state index < -0.39 is 0 Å². The van der Waals surface area contributed by atoms with Crippen LogP contribution in [0.1, 0.15) is 53.4 Å². The molecule has 0 spiro atoms. The number of anilines is 1. The van der Waals surface area contributed by atoms with Crippen LogP contribution in [-0.2, 0) is 11.3 Å². The Balaban J connectivity index is 2.15. The summed E-state index contributed by atoms with van der Waals surface area (Å²) >= 11 is 1.66. The number of nitrogens with one attached hydrogen (secondary N) is 2. The van der Waals surface area contributed by atoms with Gasteiger partial charge in [0.05, 0.1) is 18.1 Å². The number of fused-ring (bicyclic) bond motifs is 1. The summed E-state index contributed by atoms with van der Waals surface area (Å²) in [5.41, 5.74) is 0.819. The van der Waals surface area contributed by atoms with Crippen molar-refractivity contribution in [1.29, 1.82) is 0 Å². The quantitative estimate of drug-likeness (QED) is 0.423. The largest absolute Gasteiger partial charge is 0.369 e. The second kappa shape index (κ2) is 11.1. The van der Waals surface area contributed by atoms with Crippen molar-refractivity contribution >= 4 is 34.5 Å². The fourth-order valence-electron chi connectivity index (χ4n) is 2.82. The van der Waals surface area contributed by atoms with E-state index in [-0.39, 0.29) is 11.8 Å². The molecule has 27 heavy (non-hydrogen) atoms. The number of carbonyl (C=O) groups is 1. The van der Waals surface area contributed by atoms with Crippen LogP contribution >= 0.6 is 11.8 Å². The lowest BCUT2D eigenvalue weighted by Gasteiger charge is -2.13. The van der Waals surface area contributed by atoms with Gasteiger partial charge in [-0.25, -0.2) is 14.6 Å². The van der Waals surface area contributed by atoms with Crippen LogP contribution in [0.2, 0.25) is 0 Å². The summed E-state index contributed by atoms with van der Waals surface area (Å²) in [5.74, 6) is 2.03. The van der Waals surface area contributed by atoms with Gasteiger partial charge in [0.15, 0.2) is 10.8 Å². The van der Waals surface area contributed by atoms with Gasteiger partial charge in [0.1, 0.15) is 5.82 Å². The highest BCUT2D eigenvalue weighted by molar-refractivity contribution is 7.99. The molecule has 0 aliphatic rings. The average molecular weight is 393 g/mol. The summed E-state index contributed by atoms with van der Waals surface area (Å²) in [6.45, 7) is 10.4. The number of aromatic nitrogens is 4. The van der Waals surface area contributed by atoms with E-state index in [1.165, 1.54) is 0 Å². The number of rotatable bonds is 12. The van der Waals surface area contributed by atoms with Gasteiger partial charge in [0, 0.05) is 24.8 Å². The predicted octanol–water partition coefficient (Wildman–Crippen LogP) is 3.70. The molecule has 1 amide bonds. The Labute approximate surface area is 166 Å². The molecule has 2 N–H and O–H groups in total. The lowest BCUT2D eigenvalue weighted by Crippen LogP contribution is -2.32. The standard InChI is InChI=1S/C19H32N6OS/c1-5-9-20-16-15-13-22-25(11-10-21-18(26)14(7-3)8-4)17(15)24-19(23-16)27-12-6-2/h13-14H,5-12H2,1-4H3,(H,21,26)(H,20,23,24). The molecule has 0 aliphatic heterocycles. The average Bonchev–Trinajstić information content (AvgIpc) is 3.08. The first-order valence-corrected chi connectivity index (χ1v) is 11.0. The number of hydrogen-bond donors (Lipinski definition) is 2. The second-order valence-electron chi connectivity index (χ2n) is 6.54. The molecule has 0 saturated heterocycles. The molecule has 0 bridgehead atoms. The first-order valence-electron chi connectivity index (χ1n) is 10.0. The van der Waals surface area contributed by atoms with Crippen molar-refractivity contribution in [3.8, 4) is 0 Å². The number of carbonyl (C=O) groups excluding carboxylic acids is 1. The molecule has 7 nitrogen and oxygen atoms in total. The molecule has 2 aromatic rings. The minimum absolute atomic E-state index is 0.0867. The van der Waals surface area contributed by atoms with Gasteiger partial charge in [0.2, 0.25) is 5.91 Å². The van der Waals surface area contributed by atoms with Crippen LogP contribution in [0.25, 0.3) is 11.0 Å². The molecule has 0 saturated carbocycles. The Morgan fingerprint density at radius 2 is 1.93 bits per heavy atom. The molecule has 0 aromatic carbocycles. The molecule has 150 valence electrons. The zero-order valence-electron chi connectivity index (χ0n) is 16.9. The zero-order chi connectivity index (χ0) is 19.6. The first kappa shape index (κ1) is 21.5.